The van der Waals surface area contributed by atoms with Crippen molar-refractivity contribution >= 4 is 41.3 Å². The molecule has 0 aromatic heterocycles. The highest BCUT2D eigenvalue weighted by atomic mass is 35.5. The van der Waals surface area contributed by atoms with Gasteiger partial charge in [-0.1, -0.05) is 13.0 Å². The van der Waals surface area contributed by atoms with Gasteiger partial charge < -0.3 is 10.6 Å². The highest BCUT2D eigenvalue weighted by Crippen LogP contribution is 2.20. The molecule has 0 saturated carbocycles. The van der Waals surface area contributed by atoms with Crippen LogP contribution in [0.5, 0.6) is 0 Å². The summed E-state index contributed by atoms with van der Waals surface area (Å²) in [7, 11) is 0. The third-order valence-electron chi connectivity index (χ3n) is 3.41. The van der Waals surface area contributed by atoms with E-state index in [2.05, 4.69) is 36.9 Å². The molecule has 0 heterocycles. The molecule has 0 radical (unpaired) electrons. The Morgan fingerprint density at radius 3 is 2.25 bits per heavy atom. The second-order valence-electron chi connectivity index (χ2n) is 4.85. The second kappa shape index (κ2) is 10.6. The van der Waals surface area contributed by atoms with Gasteiger partial charge in [0.05, 0.1) is 0 Å². The fourth-order valence-electron chi connectivity index (χ4n) is 2.11. The molecule has 0 amide bonds. The van der Waals surface area contributed by atoms with Crippen LogP contribution in [0.1, 0.15) is 24.5 Å². The number of anilines is 1. The fraction of sp³-hybridized carbons (Fsp3) is 0.600. The summed E-state index contributed by atoms with van der Waals surface area (Å²) in [4.78, 5) is 2.22. The molecule has 0 bridgehead atoms. The Balaban J connectivity index is 0.00000361. The Labute approximate surface area is 139 Å². The Bertz CT molecular complexity index is 379. The first kappa shape index (κ1) is 19.9. The zero-order valence-electron chi connectivity index (χ0n) is 12.2. The molecule has 0 aliphatic heterocycles. The topological polar surface area (TPSA) is 29.3 Å². The number of halogens is 3. The minimum absolute atomic E-state index is 0. The molecule has 0 saturated heterocycles. The van der Waals surface area contributed by atoms with Crippen LogP contribution in [-0.2, 0) is 6.42 Å². The minimum Gasteiger partial charge on any atom is -0.369 e. The normalized spacial score (nSPS) is 11.8. The number of nitrogens with two attached hydrogens (primary N) is 1. The van der Waals surface area contributed by atoms with Crippen LogP contribution in [0.25, 0.3) is 0 Å². The molecule has 0 aliphatic rings. The SMILES string of the molecule is CCC(N)Cc1ccc(N(CCCl)CCCl)cc1C.Cl. The van der Waals surface area contributed by atoms with E-state index in [4.69, 9.17) is 28.9 Å². The predicted molar refractivity (Wildman–Crippen MR) is 94.1 cm³/mol. The fourth-order valence-corrected chi connectivity index (χ4v) is 2.51. The Kier molecular flexibility index (Phi) is 10.5. The van der Waals surface area contributed by atoms with E-state index in [0.717, 1.165) is 25.9 Å². The molecule has 0 fully saturated rings. The number of hydrogen-bond acceptors (Lipinski definition) is 2. The number of alkyl halides is 2. The van der Waals surface area contributed by atoms with Gasteiger partial charge in [0.15, 0.2) is 0 Å². The predicted octanol–water partition coefficient (Wildman–Crippen LogP) is 3.98. The zero-order chi connectivity index (χ0) is 14.3. The summed E-state index contributed by atoms with van der Waals surface area (Å²) in [5, 5.41) is 0. The molecular weight excluding hydrogens is 315 g/mol. The Morgan fingerprint density at radius 1 is 1.20 bits per heavy atom. The average molecular weight is 340 g/mol. The standard InChI is InChI=1S/C15H24Cl2N2.ClH/c1-3-14(18)11-13-4-5-15(10-12(13)2)19(8-6-16)9-7-17;/h4-5,10,14H,3,6-9,11,18H2,1-2H3;1H. The Morgan fingerprint density at radius 2 is 1.80 bits per heavy atom. The van der Waals surface area contributed by atoms with Gasteiger partial charge >= 0.3 is 0 Å². The molecule has 1 aromatic carbocycles. The summed E-state index contributed by atoms with van der Waals surface area (Å²) in [5.74, 6) is 1.22. The summed E-state index contributed by atoms with van der Waals surface area (Å²) in [6.07, 6.45) is 1.94. The monoisotopic (exact) mass is 338 g/mol. The van der Waals surface area contributed by atoms with Crippen molar-refractivity contribution in [1.29, 1.82) is 0 Å². The zero-order valence-corrected chi connectivity index (χ0v) is 14.6. The molecule has 1 rings (SSSR count). The lowest BCUT2D eigenvalue weighted by Gasteiger charge is -2.24. The number of benzene rings is 1. The third kappa shape index (κ3) is 6.09. The van der Waals surface area contributed by atoms with E-state index in [1.54, 1.807) is 0 Å². The highest BCUT2D eigenvalue weighted by Gasteiger charge is 2.09. The number of rotatable bonds is 8. The van der Waals surface area contributed by atoms with E-state index in [9.17, 15) is 0 Å². The maximum atomic E-state index is 6.02. The second-order valence-corrected chi connectivity index (χ2v) is 5.60. The van der Waals surface area contributed by atoms with Crippen molar-refractivity contribution in [2.24, 2.45) is 5.73 Å². The quantitative estimate of drug-likeness (QED) is 0.726. The Hall–Kier alpha value is -0.150. The van der Waals surface area contributed by atoms with Crippen LogP contribution in [0.4, 0.5) is 5.69 Å². The number of nitrogens with zero attached hydrogens (tertiary/aromatic N) is 1. The number of hydrogen-bond donors (Lipinski definition) is 1. The van der Waals surface area contributed by atoms with Gasteiger partial charge in [-0.25, -0.2) is 0 Å². The van der Waals surface area contributed by atoms with E-state index in [1.165, 1.54) is 16.8 Å². The summed E-state index contributed by atoms with van der Waals surface area (Å²) in [6, 6.07) is 6.77. The van der Waals surface area contributed by atoms with E-state index in [1.807, 2.05) is 0 Å². The maximum absolute atomic E-state index is 6.02. The van der Waals surface area contributed by atoms with Gasteiger partial charge in [-0.3, -0.25) is 0 Å². The number of aryl methyl sites for hydroxylation is 1. The molecule has 1 unspecified atom stereocenters. The van der Waals surface area contributed by atoms with Gasteiger partial charge in [0.25, 0.3) is 0 Å². The van der Waals surface area contributed by atoms with Crippen molar-refractivity contribution in [1.82, 2.24) is 0 Å². The van der Waals surface area contributed by atoms with Crippen molar-refractivity contribution in [2.75, 3.05) is 29.7 Å². The van der Waals surface area contributed by atoms with Crippen LogP contribution >= 0.6 is 35.6 Å². The van der Waals surface area contributed by atoms with Crippen molar-refractivity contribution in [3.63, 3.8) is 0 Å². The molecule has 20 heavy (non-hydrogen) atoms. The first-order chi connectivity index (χ1) is 9.12. The van der Waals surface area contributed by atoms with Gasteiger partial charge in [-0.15, -0.1) is 35.6 Å². The largest absolute Gasteiger partial charge is 0.369 e. The molecule has 116 valence electrons. The van der Waals surface area contributed by atoms with Crippen LogP contribution in [0.3, 0.4) is 0 Å². The van der Waals surface area contributed by atoms with Crippen LogP contribution in [0.2, 0.25) is 0 Å². The first-order valence-corrected chi connectivity index (χ1v) is 7.91. The van der Waals surface area contributed by atoms with Crippen LogP contribution in [-0.4, -0.2) is 30.9 Å². The molecule has 0 spiro atoms. The third-order valence-corrected chi connectivity index (χ3v) is 3.74. The van der Waals surface area contributed by atoms with Crippen LogP contribution in [0, 0.1) is 6.92 Å². The molecule has 2 nitrogen and oxygen atoms in total. The van der Waals surface area contributed by atoms with Crippen molar-refractivity contribution in [3.8, 4) is 0 Å². The molecule has 0 aliphatic carbocycles. The van der Waals surface area contributed by atoms with Gasteiger partial charge in [0.2, 0.25) is 0 Å². The molecule has 1 atom stereocenters. The summed E-state index contributed by atoms with van der Waals surface area (Å²) >= 11 is 11.7. The highest BCUT2D eigenvalue weighted by molar-refractivity contribution is 6.18. The summed E-state index contributed by atoms with van der Waals surface area (Å²) in [6.45, 7) is 5.90. The molecular formula is C15H25Cl3N2. The molecule has 5 heteroatoms. The average Bonchev–Trinajstić information content (AvgIpc) is 2.40. The van der Waals surface area contributed by atoms with Crippen molar-refractivity contribution in [2.45, 2.75) is 32.7 Å². The minimum atomic E-state index is 0. The lowest BCUT2D eigenvalue weighted by molar-refractivity contribution is 0.644. The lowest BCUT2D eigenvalue weighted by atomic mass is 9.99. The first-order valence-electron chi connectivity index (χ1n) is 6.84. The van der Waals surface area contributed by atoms with Gasteiger partial charge in [0, 0.05) is 36.6 Å². The maximum Gasteiger partial charge on any atom is 0.0399 e. The summed E-state index contributed by atoms with van der Waals surface area (Å²) < 4.78 is 0. The van der Waals surface area contributed by atoms with E-state index >= 15 is 0 Å². The van der Waals surface area contributed by atoms with E-state index in [-0.39, 0.29) is 18.4 Å². The van der Waals surface area contributed by atoms with Gasteiger partial charge in [0.1, 0.15) is 0 Å². The van der Waals surface area contributed by atoms with Crippen LogP contribution in [0.15, 0.2) is 18.2 Å². The van der Waals surface area contributed by atoms with Crippen molar-refractivity contribution < 1.29 is 0 Å². The van der Waals surface area contributed by atoms with Crippen molar-refractivity contribution in [3.05, 3.63) is 29.3 Å². The van der Waals surface area contributed by atoms with Gasteiger partial charge in [-0.05, 0) is 43.0 Å². The van der Waals surface area contributed by atoms with E-state index < -0.39 is 0 Å². The van der Waals surface area contributed by atoms with Crippen LogP contribution < -0.4 is 10.6 Å². The molecule has 1 aromatic rings. The smallest absolute Gasteiger partial charge is 0.0399 e. The molecule has 2 N–H and O–H groups in total. The van der Waals surface area contributed by atoms with Gasteiger partial charge in [-0.2, -0.15) is 0 Å². The van der Waals surface area contributed by atoms with E-state index in [0.29, 0.717) is 11.8 Å². The lowest BCUT2D eigenvalue weighted by Crippen LogP contribution is -2.27. The summed E-state index contributed by atoms with van der Waals surface area (Å²) in [5.41, 5.74) is 9.83.